The summed E-state index contributed by atoms with van der Waals surface area (Å²) in [7, 11) is 0. The first-order valence-corrected chi connectivity index (χ1v) is 3.42. The van der Waals surface area contributed by atoms with Crippen LogP contribution in [-0.2, 0) is 0 Å². The molecular formula is C6H11N3. The minimum atomic E-state index is 0.422. The summed E-state index contributed by atoms with van der Waals surface area (Å²) in [5, 5.41) is 6.54. The van der Waals surface area contributed by atoms with Gasteiger partial charge in [-0.2, -0.15) is 0 Å². The van der Waals surface area contributed by atoms with E-state index >= 15 is 0 Å². The summed E-state index contributed by atoms with van der Waals surface area (Å²) in [6, 6.07) is 0. The molecule has 0 saturated carbocycles. The molecule has 1 saturated heterocycles. The number of nitrogens with zero attached hydrogens (tertiary/aromatic N) is 1. The molecule has 0 radical (unpaired) electrons. The molecule has 2 atom stereocenters. The van der Waals surface area contributed by atoms with E-state index in [1.54, 1.807) is 0 Å². The fraction of sp³-hybridized carbons (Fsp3) is 0.833. The highest BCUT2D eigenvalue weighted by Crippen LogP contribution is 2.15. The number of nitrogens with one attached hydrogen (secondary N) is 2. The van der Waals surface area contributed by atoms with Crippen LogP contribution in [0.2, 0.25) is 0 Å². The zero-order valence-corrected chi connectivity index (χ0v) is 5.30. The van der Waals surface area contributed by atoms with Crippen LogP contribution in [0.15, 0.2) is 4.99 Å². The van der Waals surface area contributed by atoms with Gasteiger partial charge in [-0.05, 0) is 6.42 Å². The Morgan fingerprint density at radius 1 is 1.56 bits per heavy atom. The van der Waals surface area contributed by atoms with Crippen LogP contribution >= 0.6 is 0 Å². The average Bonchev–Trinajstić information content (AvgIpc) is 2.33. The van der Waals surface area contributed by atoms with Gasteiger partial charge in [0.25, 0.3) is 0 Å². The van der Waals surface area contributed by atoms with Crippen LogP contribution in [0.3, 0.4) is 0 Å². The lowest BCUT2D eigenvalue weighted by atomic mass is 10.0. The van der Waals surface area contributed by atoms with Crippen LogP contribution in [0, 0.1) is 5.92 Å². The van der Waals surface area contributed by atoms with Gasteiger partial charge in [0.1, 0.15) is 6.17 Å². The molecule has 0 aromatic heterocycles. The van der Waals surface area contributed by atoms with Crippen molar-refractivity contribution in [1.82, 2.24) is 10.6 Å². The Balaban J connectivity index is 2.03. The molecule has 3 heteroatoms. The number of hydrogen-bond acceptors (Lipinski definition) is 3. The third-order valence-corrected chi connectivity index (χ3v) is 1.96. The van der Waals surface area contributed by atoms with Crippen LogP contribution in [0.5, 0.6) is 0 Å². The van der Waals surface area contributed by atoms with Crippen molar-refractivity contribution >= 4 is 6.21 Å². The van der Waals surface area contributed by atoms with Gasteiger partial charge < -0.3 is 5.32 Å². The van der Waals surface area contributed by atoms with E-state index in [4.69, 9.17) is 0 Å². The molecule has 0 aromatic carbocycles. The normalized spacial score (nSPS) is 40.9. The molecule has 50 valence electrons. The van der Waals surface area contributed by atoms with E-state index in [1.807, 2.05) is 6.21 Å². The van der Waals surface area contributed by atoms with Gasteiger partial charge in [-0.3, -0.25) is 10.3 Å². The molecule has 0 amide bonds. The zero-order valence-electron chi connectivity index (χ0n) is 5.30. The first-order chi connectivity index (χ1) is 4.47. The Labute approximate surface area is 54.5 Å². The summed E-state index contributed by atoms with van der Waals surface area (Å²) < 4.78 is 0. The Bertz CT molecular complexity index is 132. The molecule has 2 N–H and O–H groups in total. The third-order valence-electron chi connectivity index (χ3n) is 1.96. The molecule has 2 unspecified atom stereocenters. The summed E-state index contributed by atoms with van der Waals surface area (Å²) in [6.45, 7) is 2.04. The largest absolute Gasteiger partial charge is 0.304 e. The maximum absolute atomic E-state index is 4.28. The van der Waals surface area contributed by atoms with Crippen LogP contribution in [0.25, 0.3) is 0 Å². The Morgan fingerprint density at radius 3 is 3.44 bits per heavy atom. The van der Waals surface area contributed by atoms with Crippen molar-refractivity contribution in [2.45, 2.75) is 12.6 Å². The maximum atomic E-state index is 4.28. The van der Waals surface area contributed by atoms with Crippen LogP contribution in [-0.4, -0.2) is 25.6 Å². The third kappa shape index (κ3) is 0.862. The molecule has 0 spiro atoms. The molecular weight excluding hydrogens is 114 g/mol. The first-order valence-electron chi connectivity index (χ1n) is 3.42. The highest BCUT2D eigenvalue weighted by molar-refractivity contribution is 5.60. The molecule has 9 heavy (non-hydrogen) atoms. The second kappa shape index (κ2) is 2.08. The van der Waals surface area contributed by atoms with E-state index in [0.717, 1.165) is 25.6 Å². The molecule has 2 heterocycles. The zero-order chi connectivity index (χ0) is 6.10. The highest BCUT2D eigenvalue weighted by Gasteiger charge is 2.25. The molecule has 3 nitrogen and oxygen atoms in total. The fourth-order valence-corrected chi connectivity index (χ4v) is 1.41. The number of rotatable bonds is 0. The lowest BCUT2D eigenvalue weighted by Crippen LogP contribution is -2.48. The lowest BCUT2D eigenvalue weighted by Gasteiger charge is -2.25. The smallest absolute Gasteiger partial charge is 0.104 e. The van der Waals surface area contributed by atoms with E-state index in [2.05, 4.69) is 15.6 Å². The van der Waals surface area contributed by atoms with E-state index in [-0.39, 0.29) is 0 Å². The maximum Gasteiger partial charge on any atom is 0.104 e. The lowest BCUT2D eigenvalue weighted by molar-refractivity contribution is 0.311. The highest BCUT2D eigenvalue weighted by atomic mass is 15.2. The van der Waals surface area contributed by atoms with Crippen molar-refractivity contribution in [2.75, 3.05) is 13.2 Å². The quantitative estimate of drug-likeness (QED) is 0.460. The van der Waals surface area contributed by atoms with E-state index in [1.165, 1.54) is 0 Å². The molecule has 1 fully saturated rings. The predicted octanol–water partition coefficient (Wildman–Crippen LogP) is -0.447. The summed E-state index contributed by atoms with van der Waals surface area (Å²) in [6.07, 6.45) is 3.59. The van der Waals surface area contributed by atoms with Gasteiger partial charge in [0.05, 0.1) is 0 Å². The Kier molecular flexibility index (Phi) is 1.24. The van der Waals surface area contributed by atoms with Crippen LogP contribution in [0.1, 0.15) is 6.42 Å². The van der Waals surface area contributed by atoms with Crippen molar-refractivity contribution in [3.63, 3.8) is 0 Å². The van der Waals surface area contributed by atoms with E-state index in [9.17, 15) is 0 Å². The summed E-state index contributed by atoms with van der Waals surface area (Å²) in [5.74, 6) is 0.721. The predicted molar refractivity (Wildman–Crippen MR) is 36.4 cm³/mol. The van der Waals surface area contributed by atoms with Crippen LogP contribution in [0.4, 0.5) is 0 Å². The second-order valence-corrected chi connectivity index (χ2v) is 2.61. The van der Waals surface area contributed by atoms with Gasteiger partial charge in [0, 0.05) is 25.3 Å². The van der Waals surface area contributed by atoms with Crippen molar-refractivity contribution in [1.29, 1.82) is 0 Å². The Morgan fingerprint density at radius 2 is 2.56 bits per heavy atom. The summed E-state index contributed by atoms with van der Waals surface area (Å²) in [4.78, 5) is 4.28. The average molecular weight is 125 g/mol. The van der Waals surface area contributed by atoms with E-state index < -0.39 is 0 Å². The van der Waals surface area contributed by atoms with Gasteiger partial charge in [-0.1, -0.05) is 0 Å². The summed E-state index contributed by atoms with van der Waals surface area (Å²) in [5.41, 5.74) is 0. The van der Waals surface area contributed by atoms with Crippen LogP contribution < -0.4 is 10.6 Å². The fourth-order valence-electron chi connectivity index (χ4n) is 1.41. The molecule has 0 aromatic rings. The molecule has 2 rings (SSSR count). The second-order valence-electron chi connectivity index (χ2n) is 2.61. The van der Waals surface area contributed by atoms with Gasteiger partial charge >= 0.3 is 0 Å². The van der Waals surface area contributed by atoms with Gasteiger partial charge in [-0.25, -0.2) is 0 Å². The first kappa shape index (κ1) is 5.38. The number of aliphatic imine (C=N–C) groups is 1. The van der Waals surface area contributed by atoms with Crippen molar-refractivity contribution in [3.8, 4) is 0 Å². The summed E-state index contributed by atoms with van der Waals surface area (Å²) >= 11 is 0. The molecule has 0 bridgehead atoms. The Hall–Kier alpha value is -0.410. The minimum Gasteiger partial charge on any atom is -0.304 e. The minimum absolute atomic E-state index is 0.422. The van der Waals surface area contributed by atoms with Gasteiger partial charge in [-0.15, -0.1) is 0 Å². The SMILES string of the molecule is C1=NC2NCNCC2C1. The van der Waals surface area contributed by atoms with Gasteiger partial charge in [0.2, 0.25) is 0 Å². The standard InChI is InChI=1S/C6H11N3/c1-2-8-6-5(1)3-7-4-9-6/h2,5-7,9H,1,3-4H2. The monoisotopic (exact) mass is 125 g/mol. The van der Waals surface area contributed by atoms with Crippen molar-refractivity contribution < 1.29 is 0 Å². The van der Waals surface area contributed by atoms with Crippen molar-refractivity contribution in [2.24, 2.45) is 10.9 Å². The number of fused-ring (bicyclic) bond motifs is 1. The van der Waals surface area contributed by atoms with E-state index in [0.29, 0.717) is 6.17 Å². The molecule has 0 aliphatic carbocycles. The topological polar surface area (TPSA) is 36.4 Å². The van der Waals surface area contributed by atoms with Crippen molar-refractivity contribution in [3.05, 3.63) is 0 Å². The molecule has 2 aliphatic heterocycles. The number of hydrogen-bond donors (Lipinski definition) is 2. The molecule has 2 aliphatic rings. The van der Waals surface area contributed by atoms with Gasteiger partial charge in [0.15, 0.2) is 0 Å².